The van der Waals surface area contributed by atoms with Gasteiger partial charge in [0.25, 0.3) is 0 Å². The summed E-state index contributed by atoms with van der Waals surface area (Å²) in [6.07, 6.45) is 3.15. The van der Waals surface area contributed by atoms with Crippen molar-refractivity contribution in [2.75, 3.05) is 0 Å². The number of aryl methyl sites for hydroxylation is 1. The quantitative estimate of drug-likeness (QED) is 0.731. The largest absolute Gasteiger partial charge is 0.366 e. The van der Waals surface area contributed by atoms with Crippen LogP contribution in [0.25, 0.3) is 11.4 Å². The molecule has 0 fully saturated rings. The van der Waals surface area contributed by atoms with Crippen LogP contribution >= 0.6 is 0 Å². The molecule has 3 N–H and O–H groups in total. The van der Waals surface area contributed by atoms with Crippen molar-refractivity contribution in [2.24, 2.45) is 5.73 Å². The lowest BCUT2D eigenvalue weighted by Gasteiger charge is -2.05. The maximum atomic E-state index is 13.7. The van der Waals surface area contributed by atoms with Gasteiger partial charge in [0.1, 0.15) is 11.6 Å². The monoisotopic (exact) mass is 323 g/mol. The molecule has 2 aromatic carbocycles. The third-order valence-electron chi connectivity index (χ3n) is 3.65. The summed E-state index contributed by atoms with van der Waals surface area (Å²) in [6.45, 7) is 0. The van der Waals surface area contributed by atoms with Gasteiger partial charge in [-0.15, -0.1) is 0 Å². The van der Waals surface area contributed by atoms with Crippen LogP contribution in [-0.4, -0.2) is 21.1 Å². The molecule has 5 nitrogen and oxygen atoms in total. The number of nitrogens with two attached hydrogens (primary N) is 1. The van der Waals surface area contributed by atoms with E-state index in [2.05, 4.69) is 15.2 Å². The fourth-order valence-corrected chi connectivity index (χ4v) is 2.47. The lowest BCUT2D eigenvalue weighted by Crippen LogP contribution is -2.13. The average molecular weight is 323 g/mol. The minimum absolute atomic E-state index is 0.317. The highest BCUT2D eigenvalue weighted by Gasteiger charge is 2.11. The number of rotatable bonds is 6. The van der Waals surface area contributed by atoms with Crippen LogP contribution in [0.1, 0.15) is 28.2 Å². The Labute approximate surface area is 138 Å². The van der Waals surface area contributed by atoms with E-state index in [0.717, 1.165) is 5.56 Å². The Morgan fingerprint density at radius 2 is 1.92 bits per heavy atom. The number of aromatic nitrogens is 3. The summed E-state index contributed by atoms with van der Waals surface area (Å²) < 4.78 is 13.7. The van der Waals surface area contributed by atoms with Crippen molar-refractivity contribution in [2.45, 2.75) is 12.8 Å². The average Bonchev–Trinajstić information content (AvgIpc) is 3.04. The van der Waals surface area contributed by atoms with Gasteiger partial charge in [0, 0.05) is 12.0 Å². The van der Waals surface area contributed by atoms with Crippen molar-refractivity contribution >= 4 is 5.91 Å². The molecule has 0 atom stereocenters. The smallest absolute Gasteiger partial charge is 0.248 e. The number of H-pyrrole nitrogens is 1. The Balaban J connectivity index is 1.65. The number of nitrogens with zero attached hydrogens (tertiary/aromatic N) is 2. The van der Waals surface area contributed by atoms with E-state index in [4.69, 9.17) is 5.73 Å². The lowest BCUT2D eigenvalue weighted by molar-refractivity contribution is 0.0999. The zero-order valence-corrected chi connectivity index (χ0v) is 12.9. The normalized spacial score (nSPS) is 10.7. The molecule has 0 saturated carbocycles. The Bertz CT molecular complexity index is 859. The molecule has 0 unspecified atom stereocenters. The Morgan fingerprint density at radius 1 is 1.17 bits per heavy atom. The maximum absolute atomic E-state index is 13.7. The second-order valence-electron chi connectivity index (χ2n) is 5.29. The topological polar surface area (TPSA) is 84.7 Å². The first-order valence-electron chi connectivity index (χ1n) is 7.53. The summed E-state index contributed by atoms with van der Waals surface area (Å²) in [5.74, 6) is 0.0761. The van der Waals surface area contributed by atoms with E-state index in [-0.39, 0.29) is 5.82 Å². The van der Waals surface area contributed by atoms with Gasteiger partial charge in [0.15, 0.2) is 5.82 Å². The molecule has 0 aliphatic rings. The minimum Gasteiger partial charge on any atom is -0.366 e. The van der Waals surface area contributed by atoms with Crippen molar-refractivity contribution in [1.82, 2.24) is 15.2 Å². The first-order chi connectivity index (χ1) is 11.6. The molecule has 3 aromatic rings. The van der Waals surface area contributed by atoms with Gasteiger partial charge in [0.05, 0.1) is 5.56 Å². The number of carbonyl (C=O) groups excluding carboxylic acids is 1. The molecule has 0 aliphatic carbocycles. The van der Waals surface area contributed by atoms with E-state index in [0.29, 0.717) is 35.6 Å². The van der Waals surface area contributed by atoms with Crippen molar-refractivity contribution < 1.29 is 9.18 Å². The number of primary amides is 1. The van der Waals surface area contributed by atoms with Crippen molar-refractivity contribution in [1.29, 1.82) is 0 Å². The van der Waals surface area contributed by atoms with E-state index in [1.807, 2.05) is 18.6 Å². The van der Waals surface area contributed by atoms with Crippen LogP contribution in [0.5, 0.6) is 0 Å². The number of benzene rings is 2. The second kappa shape index (κ2) is 7.04. The standard InChI is InChI=1S/C18H16FN4O/c19-15-10-4-3-9-14(15)18-21-16(22-23-18)11-5-7-12-6-1-2-8-13(12)17(20)24/h1-4,6,8-11H,5,7H2,(H2,20,24)(H,21,22,23). The highest BCUT2D eigenvalue weighted by atomic mass is 19.1. The molecule has 121 valence electrons. The summed E-state index contributed by atoms with van der Waals surface area (Å²) in [6, 6.07) is 13.6. The van der Waals surface area contributed by atoms with Gasteiger partial charge in [0.2, 0.25) is 5.91 Å². The Kier molecular flexibility index (Phi) is 4.65. The lowest BCUT2D eigenvalue weighted by atomic mass is 10.0. The molecular weight excluding hydrogens is 307 g/mol. The first-order valence-corrected chi connectivity index (χ1v) is 7.53. The van der Waals surface area contributed by atoms with Crippen LogP contribution < -0.4 is 5.73 Å². The molecular formula is C18H16FN4O. The van der Waals surface area contributed by atoms with Crippen LogP contribution in [0.15, 0.2) is 48.5 Å². The third-order valence-corrected chi connectivity index (χ3v) is 3.65. The molecule has 0 spiro atoms. The molecule has 1 amide bonds. The predicted molar refractivity (Wildman–Crippen MR) is 88.5 cm³/mol. The van der Waals surface area contributed by atoms with E-state index < -0.39 is 5.91 Å². The molecule has 1 aromatic heterocycles. The summed E-state index contributed by atoms with van der Waals surface area (Å²) >= 11 is 0. The maximum Gasteiger partial charge on any atom is 0.248 e. The number of carbonyl (C=O) groups is 1. The summed E-state index contributed by atoms with van der Waals surface area (Å²) in [5, 5.41) is 6.82. The highest BCUT2D eigenvalue weighted by Crippen LogP contribution is 2.19. The Morgan fingerprint density at radius 3 is 2.71 bits per heavy atom. The Hall–Kier alpha value is -3.02. The van der Waals surface area contributed by atoms with Crippen molar-refractivity contribution in [3.63, 3.8) is 0 Å². The van der Waals surface area contributed by atoms with Crippen LogP contribution in [0.4, 0.5) is 4.39 Å². The van der Waals surface area contributed by atoms with Crippen molar-refractivity contribution in [3.05, 3.63) is 77.7 Å². The van der Waals surface area contributed by atoms with Gasteiger partial charge in [-0.25, -0.2) is 9.37 Å². The number of amides is 1. The zero-order valence-electron chi connectivity index (χ0n) is 12.9. The molecule has 3 rings (SSSR count). The summed E-state index contributed by atoms with van der Waals surface area (Å²) in [7, 11) is 0. The van der Waals surface area contributed by atoms with Gasteiger partial charge < -0.3 is 5.73 Å². The van der Waals surface area contributed by atoms with Gasteiger partial charge in [-0.05, 0) is 36.6 Å². The minimum atomic E-state index is -0.438. The second-order valence-corrected chi connectivity index (χ2v) is 5.29. The van der Waals surface area contributed by atoms with Gasteiger partial charge >= 0.3 is 0 Å². The molecule has 1 heterocycles. The number of hydrogen-bond acceptors (Lipinski definition) is 3. The molecule has 0 bridgehead atoms. The highest BCUT2D eigenvalue weighted by molar-refractivity contribution is 5.94. The molecule has 0 saturated heterocycles. The molecule has 24 heavy (non-hydrogen) atoms. The van der Waals surface area contributed by atoms with E-state index in [1.54, 1.807) is 30.3 Å². The molecule has 1 radical (unpaired) electrons. The van der Waals surface area contributed by atoms with Crippen LogP contribution in [0.3, 0.4) is 0 Å². The first kappa shape index (κ1) is 15.9. The van der Waals surface area contributed by atoms with Gasteiger partial charge in [-0.3, -0.25) is 9.89 Å². The predicted octanol–water partition coefficient (Wildman–Crippen LogP) is 2.89. The van der Waals surface area contributed by atoms with E-state index in [9.17, 15) is 9.18 Å². The summed E-state index contributed by atoms with van der Waals surface area (Å²) in [4.78, 5) is 15.7. The number of aromatic amines is 1. The zero-order chi connectivity index (χ0) is 16.9. The fourth-order valence-electron chi connectivity index (χ4n) is 2.47. The van der Waals surface area contributed by atoms with Gasteiger partial charge in [-0.2, -0.15) is 5.10 Å². The van der Waals surface area contributed by atoms with Crippen LogP contribution in [-0.2, 0) is 6.42 Å². The molecule has 0 aliphatic heterocycles. The van der Waals surface area contributed by atoms with Gasteiger partial charge in [-0.1, -0.05) is 30.3 Å². The van der Waals surface area contributed by atoms with Crippen LogP contribution in [0.2, 0.25) is 0 Å². The number of halogens is 1. The molecule has 6 heteroatoms. The fraction of sp³-hybridized carbons (Fsp3) is 0.111. The SMILES string of the molecule is NC(=O)c1ccccc1CC[CH]c1nc(-c2ccccc2F)n[nH]1. The third kappa shape index (κ3) is 3.48. The van der Waals surface area contributed by atoms with Crippen LogP contribution in [0, 0.1) is 12.2 Å². The number of hydrogen-bond donors (Lipinski definition) is 2. The van der Waals surface area contributed by atoms with E-state index >= 15 is 0 Å². The van der Waals surface area contributed by atoms with E-state index in [1.165, 1.54) is 6.07 Å². The number of nitrogens with one attached hydrogen (secondary N) is 1. The summed E-state index contributed by atoms with van der Waals surface area (Å²) in [5.41, 5.74) is 7.13. The van der Waals surface area contributed by atoms with Crippen molar-refractivity contribution in [3.8, 4) is 11.4 Å².